The Morgan fingerprint density at radius 1 is 1.16 bits per heavy atom. The smallest absolute Gasteiger partial charge is 0.258 e. The Morgan fingerprint density at radius 2 is 1.92 bits per heavy atom. The monoisotopic (exact) mass is 401 g/mol. The second-order valence-electron chi connectivity index (χ2n) is 5.97. The van der Waals surface area contributed by atoms with E-state index in [1.807, 2.05) is 43.3 Å². The number of halogens is 1. The first-order chi connectivity index (χ1) is 12.0. The summed E-state index contributed by atoms with van der Waals surface area (Å²) in [5.74, 6) is 1.42. The number of ether oxygens (including phenoxy) is 1. The van der Waals surface area contributed by atoms with E-state index in [4.69, 9.17) is 4.74 Å². The Morgan fingerprint density at radius 3 is 2.64 bits per heavy atom. The van der Waals surface area contributed by atoms with Crippen LogP contribution in [0.3, 0.4) is 0 Å². The van der Waals surface area contributed by atoms with Crippen LogP contribution in [0.2, 0.25) is 0 Å². The van der Waals surface area contributed by atoms with Gasteiger partial charge in [0.05, 0.1) is 28.5 Å². The topological polar surface area (TPSA) is 67.0 Å². The molecule has 3 aromatic rings. The summed E-state index contributed by atoms with van der Waals surface area (Å²) in [5, 5.41) is 4.08. The minimum Gasteiger partial charge on any atom is -0.496 e. The van der Waals surface area contributed by atoms with Gasteiger partial charge in [0.2, 0.25) is 0 Å². The van der Waals surface area contributed by atoms with Crippen molar-refractivity contribution in [2.75, 3.05) is 7.11 Å². The third-order valence-corrected chi connectivity index (χ3v) is 4.84. The van der Waals surface area contributed by atoms with Gasteiger partial charge in [-0.15, -0.1) is 0 Å². The predicted octanol–water partition coefficient (Wildman–Crippen LogP) is 4.11. The van der Waals surface area contributed by atoms with Gasteiger partial charge in [-0.3, -0.25) is 4.79 Å². The van der Waals surface area contributed by atoms with Gasteiger partial charge in [0.25, 0.3) is 5.56 Å². The average Bonchev–Trinajstić information content (AvgIpc) is 2.61. The van der Waals surface area contributed by atoms with E-state index in [0.29, 0.717) is 16.7 Å². The van der Waals surface area contributed by atoms with E-state index in [-0.39, 0.29) is 17.6 Å². The summed E-state index contributed by atoms with van der Waals surface area (Å²) in [5.41, 5.74) is 1.70. The summed E-state index contributed by atoms with van der Waals surface area (Å²) in [4.78, 5) is 19.7. The van der Waals surface area contributed by atoms with Crippen molar-refractivity contribution in [2.24, 2.45) is 0 Å². The van der Waals surface area contributed by atoms with Crippen LogP contribution in [-0.4, -0.2) is 17.1 Å². The molecule has 0 spiro atoms. The molecular weight excluding hydrogens is 382 g/mol. The molecular formula is C19H20BrN3O2. The maximum Gasteiger partial charge on any atom is 0.258 e. The van der Waals surface area contributed by atoms with Gasteiger partial charge in [-0.25, -0.2) is 4.98 Å². The molecule has 0 bridgehead atoms. The number of H-pyrrole nitrogens is 1. The number of nitrogens with zero attached hydrogens (tertiary/aromatic N) is 1. The van der Waals surface area contributed by atoms with Gasteiger partial charge in [-0.1, -0.05) is 18.2 Å². The molecule has 2 atom stereocenters. The molecule has 0 saturated heterocycles. The predicted molar refractivity (Wildman–Crippen MR) is 103 cm³/mol. The Balaban J connectivity index is 1.83. The normalized spacial score (nSPS) is 13.6. The maximum absolute atomic E-state index is 12.2. The van der Waals surface area contributed by atoms with E-state index in [2.05, 4.69) is 38.1 Å². The van der Waals surface area contributed by atoms with Crippen LogP contribution in [0.5, 0.6) is 5.75 Å². The molecule has 0 unspecified atom stereocenters. The van der Waals surface area contributed by atoms with Gasteiger partial charge in [-0.05, 0) is 59.6 Å². The number of para-hydroxylation sites is 1. The molecule has 2 N–H and O–H groups in total. The number of aromatic nitrogens is 2. The average molecular weight is 402 g/mol. The van der Waals surface area contributed by atoms with Gasteiger partial charge in [0, 0.05) is 6.04 Å². The SMILES string of the molecule is COc1ccc([C@@H](C)N[C@H](C)c2nc3ccccc3c(=O)[nH]2)cc1Br. The second kappa shape index (κ2) is 7.37. The largest absolute Gasteiger partial charge is 0.496 e. The lowest BCUT2D eigenvalue weighted by molar-refractivity contribution is 0.411. The number of nitrogens with one attached hydrogen (secondary N) is 2. The molecule has 0 amide bonds. The quantitative estimate of drug-likeness (QED) is 0.674. The summed E-state index contributed by atoms with van der Waals surface area (Å²) in [6.07, 6.45) is 0. The van der Waals surface area contributed by atoms with Gasteiger partial charge in [0.15, 0.2) is 0 Å². The summed E-state index contributed by atoms with van der Waals surface area (Å²) >= 11 is 3.51. The molecule has 0 aliphatic heterocycles. The number of rotatable bonds is 5. The molecule has 0 aliphatic carbocycles. The summed E-state index contributed by atoms with van der Waals surface area (Å²) in [6, 6.07) is 13.3. The van der Waals surface area contributed by atoms with Crippen LogP contribution in [0, 0.1) is 0 Å². The molecule has 25 heavy (non-hydrogen) atoms. The van der Waals surface area contributed by atoms with Crippen LogP contribution in [0.15, 0.2) is 51.7 Å². The molecule has 0 fully saturated rings. The van der Waals surface area contributed by atoms with Crippen LogP contribution >= 0.6 is 15.9 Å². The molecule has 0 aliphatic rings. The lowest BCUT2D eigenvalue weighted by Crippen LogP contribution is -2.26. The molecule has 5 nitrogen and oxygen atoms in total. The van der Waals surface area contributed by atoms with Crippen molar-refractivity contribution >= 4 is 26.8 Å². The van der Waals surface area contributed by atoms with Crippen molar-refractivity contribution in [1.29, 1.82) is 0 Å². The molecule has 1 heterocycles. The number of aromatic amines is 1. The number of fused-ring (bicyclic) bond motifs is 1. The zero-order valence-electron chi connectivity index (χ0n) is 14.3. The van der Waals surface area contributed by atoms with Crippen molar-refractivity contribution in [2.45, 2.75) is 25.9 Å². The van der Waals surface area contributed by atoms with Crippen molar-refractivity contribution in [3.8, 4) is 5.75 Å². The van der Waals surface area contributed by atoms with Crippen molar-refractivity contribution in [3.63, 3.8) is 0 Å². The van der Waals surface area contributed by atoms with Crippen LogP contribution < -0.4 is 15.6 Å². The molecule has 0 radical (unpaired) electrons. The van der Waals surface area contributed by atoms with Crippen molar-refractivity contribution in [3.05, 3.63) is 68.7 Å². The Bertz CT molecular complexity index is 955. The van der Waals surface area contributed by atoms with E-state index >= 15 is 0 Å². The highest BCUT2D eigenvalue weighted by Gasteiger charge is 2.15. The highest BCUT2D eigenvalue weighted by atomic mass is 79.9. The van der Waals surface area contributed by atoms with Crippen molar-refractivity contribution < 1.29 is 4.74 Å². The molecule has 3 rings (SSSR count). The summed E-state index contributed by atoms with van der Waals surface area (Å²) < 4.78 is 6.18. The van der Waals surface area contributed by atoms with E-state index < -0.39 is 0 Å². The van der Waals surface area contributed by atoms with Crippen LogP contribution in [0.4, 0.5) is 0 Å². The third-order valence-electron chi connectivity index (χ3n) is 4.22. The molecule has 1 aromatic heterocycles. The second-order valence-corrected chi connectivity index (χ2v) is 6.83. The molecule has 2 aromatic carbocycles. The standard InChI is InChI=1S/C19H20BrN3O2/c1-11(13-8-9-17(25-3)15(20)10-13)21-12(2)18-22-16-7-5-4-6-14(16)19(24)23-18/h4-12,21H,1-3H3,(H,22,23,24)/t11-,12-/m1/s1. The highest BCUT2D eigenvalue weighted by Crippen LogP contribution is 2.28. The number of hydrogen-bond acceptors (Lipinski definition) is 4. The van der Waals surface area contributed by atoms with E-state index in [0.717, 1.165) is 15.8 Å². The van der Waals surface area contributed by atoms with Gasteiger partial charge in [-0.2, -0.15) is 0 Å². The number of benzene rings is 2. The van der Waals surface area contributed by atoms with Gasteiger partial charge in [0.1, 0.15) is 11.6 Å². The lowest BCUT2D eigenvalue weighted by Gasteiger charge is -2.20. The Kier molecular flexibility index (Phi) is 5.20. The summed E-state index contributed by atoms with van der Waals surface area (Å²) in [7, 11) is 1.64. The zero-order valence-corrected chi connectivity index (χ0v) is 15.9. The molecule has 6 heteroatoms. The minimum atomic E-state index is -0.117. The lowest BCUT2D eigenvalue weighted by atomic mass is 10.1. The zero-order chi connectivity index (χ0) is 18.0. The van der Waals surface area contributed by atoms with Crippen molar-refractivity contribution in [1.82, 2.24) is 15.3 Å². The first-order valence-electron chi connectivity index (χ1n) is 8.08. The fourth-order valence-corrected chi connectivity index (χ4v) is 3.37. The van der Waals surface area contributed by atoms with Crippen LogP contribution in [0.1, 0.15) is 37.3 Å². The fraction of sp³-hybridized carbons (Fsp3) is 0.263. The third kappa shape index (κ3) is 3.75. The van der Waals surface area contributed by atoms with Crippen LogP contribution in [-0.2, 0) is 0 Å². The fourth-order valence-electron chi connectivity index (χ4n) is 2.81. The highest BCUT2D eigenvalue weighted by molar-refractivity contribution is 9.10. The first kappa shape index (κ1) is 17.6. The molecule has 0 saturated carbocycles. The van der Waals surface area contributed by atoms with Gasteiger partial charge >= 0.3 is 0 Å². The number of methoxy groups -OCH3 is 1. The maximum atomic E-state index is 12.2. The summed E-state index contributed by atoms with van der Waals surface area (Å²) in [6.45, 7) is 4.06. The van der Waals surface area contributed by atoms with Crippen LogP contribution in [0.25, 0.3) is 10.9 Å². The Labute approximate surface area is 154 Å². The van der Waals surface area contributed by atoms with E-state index in [9.17, 15) is 4.79 Å². The minimum absolute atomic E-state index is 0.0778. The molecule has 130 valence electrons. The first-order valence-corrected chi connectivity index (χ1v) is 8.87. The van der Waals surface area contributed by atoms with E-state index in [1.165, 1.54) is 0 Å². The van der Waals surface area contributed by atoms with E-state index in [1.54, 1.807) is 13.2 Å². The Hall–Kier alpha value is -2.18. The number of hydrogen-bond donors (Lipinski definition) is 2. The van der Waals surface area contributed by atoms with Gasteiger partial charge < -0.3 is 15.0 Å².